The number of aryl methyl sites for hydroxylation is 3. The van der Waals surface area contributed by atoms with Gasteiger partial charge in [-0.25, -0.2) is 0 Å². The smallest absolute Gasteiger partial charge is 0.255 e. The number of hydrogen-bond acceptors (Lipinski definition) is 2. The number of anilines is 1. The van der Waals surface area contributed by atoms with Crippen molar-refractivity contribution in [3.8, 4) is 11.5 Å². The highest BCUT2D eigenvalue weighted by Crippen LogP contribution is 2.27. The molecule has 0 aromatic heterocycles. The Labute approximate surface area is 148 Å². The monoisotopic (exact) mass is 331 g/mol. The molecule has 0 unspecified atom stereocenters. The fourth-order valence-corrected chi connectivity index (χ4v) is 2.58. The van der Waals surface area contributed by atoms with Crippen LogP contribution in [0.25, 0.3) is 0 Å². The number of nitrogens with one attached hydrogen (secondary N) is 1. The number of benzene rings is 3. The number of hydrogen-bond donors (Lipinski definition) is 1. The number of ether oxygens (including phenoxy) is 1. The third-order valence-electron chi connectivity index (χ3n) is 4.07. The van der Waals surface area contributed by atoms with E-state index in [2.05, 4.69) is 11.4 Å². The van der Waals surface area contributed by atoms with Gasteiger partial charge in [-0.3, -0.25) is 4.79 Å². The number of carbonyl (C=O) groups is 1. The minimum Gasteiger partial charge on any atom is -0.457 e. The SMILES string of the molecule is Cc1ccc(C)c(Oc2ccc(NC(=O)c3ccccc3C)cc2)c1. The van der Waals surface area contributed by atoms with Crippen LogP contribution in [0.2, 0.25) is 0 Å². The summed E-state index contributed by atoms with van der Waals surface area (Å²) < 4.78 is 5.94. The molecule has 3 aromatic carbocycles. The Morgan fingerprint density at radius 3 is 2.28 bits per heavy atom. The van der Waals surface area contributed by atoms with Crippen LogP contribution in [0.4, 0.5) is 5.69 Å². The Morgan fingerprint density at radius 2 is 1.56 bits per heavy atom. The van der Waals surface area contributed by atoms with Gasteiger partial charge in [0.1, 0.15) is 11.5 Å². The van der Waals surface area contributed by atoms with E-state index >= 15 is 0 Å². The second kappa shape index (κ2) is 7.22. The molecule has 0 fully saturated rings. The van der Waals surface area contributed by atoms with Gasteiger partial charge in [-0.05, 0) is 73.9 Å². The van der Waals surface area contributed by atoms with Crippen LogP contribution in [0.5, 0.6) is 11.5 Å². The predicted octanol–water partition coefficient (Wildman–Crippen LogP) is 5.66. The predicted molar refractivity (Wildman–Crippen MR) is 102 cm³/mol. The molecule has 1 amide bonds. The van der Waals surface area contributed by atoms with Gasteiger partial charge >= 0.3 is 0 Å². The highest BCUT2D eigenvalue weighted by molar-refractivity contribution is 6.05. The summed E-state index contributed by atoms with van der Waals surface area (Å²) in [7, 11) is 0. The highest BCUT2D eigenvalue weighted by atomic mass is 16.5. The van der Waals surface area contributed by atoms with Crippen molar-refractivity contribution in [1.82, 2.24) is 0 Å². The van der Waals surface area contributed by atoms with E-state index in [-0.39, 0.29) is 5.91 Å². The quantitative estimate of drug-likeness (QED) is 0.670. The largest absolute Gasteiger partial charge is 0.457 e. The van der Waals surface area contributed by atoms with Crippen molar-refractivity contribution >= 4 is 11.6 Å². The van der Waals surface area contributed by atoms with Gasteiger partial charge in [0.15, 0.2) is 0 Å². The van der Waals surface area contributed by atoms with Gasteiger partial charge in [0.25, 0.3) is 5.91 Å². The molecule has 0 aliphatic rings. The lowest BCUT2D eigenvalue weighted by Gasteiger charge is -2.11. The lowest BCUT2D eigenvalue weighted by molar-refractivity contribution is 0.102. The molecular weight excluding hydrogens is 310 g/mol. The van der Waals surface area contributed by atoms with Gasteiger partial charge in [0.05, 0.1) is 0 Å². The standard InChI is InChI=1S/C22H21NO2/c1-15-8-9-17(3)21(14-15)25-19-12-10-18(11-13-19)23-22(24)20-7-5-4-6-16(20)2/h4-14H,1-3H3,(H,23,24). The molecule has 0 aliphatic carbocycles. The number of carbonyl (C=O) groups excluding carboxylic acids is 1. The van der Waals surface area contributed by atoms with E-state index in [9.17, 15) is 4.79 Å². The van der Waals surface area contributed by atoms with Gasteiger partial charge in [-0.15, -0.1) is 0 Å². The molecule has 25 heavy (non-hydrogen) atoms. The maximum atomic E-state index is 12.4. The molecule has 1 N–H and O–H groups in total. The number of amides is 1. The second-order valence-corrected chi connectivity index (χ2v) is 6.16. The van der Waals surface area contributed by atoms with Gasteiger partial charge < -0.3 is 10.1 Å². The molecule has 0 saturated carbocycles. The van der Waals surface area contributed by atoms with Gasteiger partial charge in [0, 0.05) is 11.3 Å². The summed E-state index contributed by atoms with van der Waals surface area (Å²) in [6, 6.07) is 21.1. The van der Waals surface area contributed by atoms with Crippen molar-refractivity contribution in [2.75, 3.05) is 5.32 Å². The fourth-order valence-electron chi connectivity index (χ4n) is 2.58. The minimum atomic E-state index is -0.110. The Balaban J connectivity index is 1.71. The molecule has 0 saturated heterocycles. The average Bonchev–Trinajstić information content (AvgIpc) is 2.60. The van der Waals surface area contributed by atoms with Crippen molar-refractivity contribution in [2.45, 2.75) is 20.8 Å². The van der Waals surface area contributed by atoms with Crippen LogP contribution in [0.3, 0.4) is 0 Å². The first-order chi connectivity index (χ1) is 12.0. The maximum absolute atomic E-state index is 12.4. The van der Waals surface area contributed by atoms with Crippen molar-refractivity contribution in [3.05, 3.63) is 89.0 Å². The van der Waals surface area contributed by atoms with Gasteiger partial charge in [0.2, 0.25) is 0 Å². The molecular formula is C22H21NO2. The summed E-state index contributed by atoms with van der Waals surface area (Å²) in [6.07, 6.45) is 0. The summed E-state index contributed by atoms with van der Waals surface area (Å²) in [5, 5.41) is 2.92. The van der Waals surface area contributed by atoms with Crippen LogP contribution in [-0.2, 0) is 0 Å². The van der Waals surface area contributed by atoms with Crippen LogP contribution in [0, 0.1) is 20.8 Å². The van der Waals surface area contributed by atoms with E-state index in [1.165, 1.54) is 0 Å². The minimum absolute atomic E-state index is 0.110. The van der Waals surface area contributed by atoms with Crippen molar-refractivity contribution < 1.29 is 9.53 Å². The summed E-state index contributed by atoms with van der Waals surface area (Å²) in [4.78, 5) is 12.4. The average molecular weight is 331 g/mol. The normalized spacial score (nSPS) is 10.4. The van der Waals surface area contributed by atoms with Gasteiger partial charge in [-0.1, -0.05) is 30.3 Å². The zero-order valence-electron chi connectivity index (χ0n) is 14.7. The highest BCUT2D eigenvalue weighted by Gasteiger charge is 2.09. The van der Waals surface area contributed by atoms with Gasteiger partial charge in [-0.2, -0.15) is 0 Å². The second-order valence-electron chi connectivity index (χ2n) is 6.16. The summed E-state index contributed by atoms with van der Waals surface area (Å²) in [5.74, 6) is 1.47. The molecule has 0 spiro atoms. The van der Waals surface area contributed by atoms with Crippen LogP contribution in [-0.4, -0.2) is 5.91 Å². The van der Waals surface area contributed by atoms with Crippen LogP contribution >= 0.6 is 0 Å². The Kier molecular flexibility index (Phi) is 4.85. The first kappa shape index (κ1) is 16.8. The third-order valence-corrected chi connectivity index (χ3v) is 4.07. The molecule has 3 aromatic rings. The summed E-state index contributed by atoms with van der Waals surface area (Å²) >= 11 is 0. The maximum Gasteiger partial charge on any atom is 0.255 e. The van der Waals surface area contributed by atoms with E-state index < -0.39 is 0 Å². The Morgan fingerprint density at radius 1 is 0.840 bits per heavy atom. The van der Waals surface area contributed by atoms with E-state index in [4.69, 9.17) is 4.74 Å². The zero-order chi connectivity index (χ0) is 17.8. The summed E-state index contributed by atoms with van der Waals surface area (Å²) in [5.41, 5.74) is 4.61. The third kappa shape index (κ3) is 4.07. The summed E-state index contributed by atoms with van der Waals surface area (Å²) in [6.45, 7) is 5.98. The molecule has 126 valence electrons. The molecule has 0 atom stereocenters. The fraction of sp³-hybridized carbons (Fsp3) is 0.136. The topological polar surface area (TPSA) is 38.3 Å². The molecule has 3 heteroatoms. The van der Waals surface area contributed by atoms with Crippen molar-refractivity contribution in [2.24, 2.45) is 0 Å². The molecule has 0 radical (unpaired) electrons. The molecule has 0 heterocycles. The molecule has 3 nitrogen and oxygen atoms in total. The first-order valence-electron chi connectivity index (χ1n) is 8.25. The van der Waals surface area contributed by atoms with Crippen molar-refractivity contribution in [3.63, 3.8) is 0 Å². The zero-order valence-corrected chi connectivity index (χ0v) is 14.7. The van der Waals surface area contributed by atoms with Crippen LogP contribution < -0.4 is 10.1 Å². The Hall–Kier alpha value is -3.07. The molecule has 0 bridgehead atoms. The van der Waals surface area contributed by atoms with Crippen molar-refractivity contribution in [1.29, 1.82) is 0 Å². The van der Waals surface area contributed by atoms with E-state index in [1.807, 2.05) is 81.4 Å². The lowest BCUT2D eigenvalue weighted by Crippen LogP contribution is -2.13. The van der Waals surface area contributed by atoms with E-state index in [0.717, 1.165) is 33.9 Å². The molecule has 0 aliphatic heterocycles. The van der Waals surface area contributed by atoms with Crippen LogP contribution in [0.1, 0.15) is 27.0 Å². The van der Waals surface area contributed by atoms with Crippen LogP contribution in [0.15, 0.2) is 66.7 Å². The first-order valence-corrected chi connectivity index (χ1v) is 8.25. The molecule has 3 rings (SSSR count). The number of rotatable bonds is 4. The van der Waals surface area contributed by atoms with E-state index in [1.54, 1.807) is 0 Å². The van der Waals surface area contributed by atoms with E-state index in [0.29, 0.717) is 5.56 Å². The lowest BCUT2D eigenvalue weighted by atomic mass is 10.1. The Bertz CT molecular complexity index is 898.